The van der Waals surface area contributed by atoms with Gasteiger partial charge >= 0.3 is 0 Å². The first kappa shape index (κ1) is 18.6. The number of halogens is 2. The molecule has 0 amide bonds. The van der Waals surface area contributed by atoms with Gasteiger partial charge in [0.1, 0.15) is 17.9 Å². The van der Waals surface area contributed by atoms with Crippen LogP contribution in [0, 0.1) is 11.3 Å². The van der Waals surface area contributed by atoms with E-state index in [0.717, 1.165) is 12.1 Å². The summed E-state index contributed by atoms with van der Waals surface area (Å²) in [6, 6.07) is 17.1. The first-order valence-corrected chi connectivity index (χ1v) is 7.89. The van der Waals surface area contributed by atoms with Gasteiger partial charge in [-0.05, 0) is 23.8 Å². The molecule has 1 heterocycles. The molecule has 4 nitrogen and oxygen atoms in total. The van der Waals surface area contributed by atoms with Gasteiger partial charge in [0.2, 0.25) is 0 Å². The summed E-state index contributed by atoms with van der Waals surface area (Å²) in [5.41, 5.74) is 1.43. The highest BCUT2D eigenvalue weighted by molar-refractivity contribution is 6.30. The minimum Gasteiger partial charge on any atom is -0.482 e. The summed E-state index contributed by atoms with van der Waals surface area (Å²) < 4.78 is 12.0. The lowest BCUT2D eigenvalue weighted by Crippen LogP contribution is -2.43. The molecule has 2 aromatic carbocycles. The molecule has 2 aromatic rings. The van der Waals surface area contributed by atoms with Crippen molar-refractivity contribution >= 4 is 24.0 Å². The largest absolute Gasteiger partial charge is 0.482 e. The summed E-state index contributed by atoms with van der Waals surface area (Å²) >= 11 is 5.96. The number of benzene rings is 2. The molecule has 0 aromatic heterocycles. The van der Waals surface area contributed by atoms with Crippen LogP contribution < -0.4 is 10.1 Å². The zero-order chi connectivity index (χ0) is 16.1. The van der Waals surface area contributed by atoms with Gasteiger partial charge in [-0.3, -0.25) is 0 Å². The smallest absolute Gasteiger partial charge is 0.151 e. The third-order valence-electron chi connectivity index (χ3n) is 3.74. The lowest BCUT2D eigenvalue weighted by atomic mass is 10.0. The fourth-order valence-corrected chi connectivity index (χ4v) is 2.78. The summed E-state index contributed by atoms with van der Waals surface area (Å²) in [5.74, 6) is 0.514. The molecule has 126 valence electrons. The second-order valence-electron chi connectivity index (χ2n) is 5.31. The van der Waals surface area contributed by atoms with E-state index in [-0.39, 0.29) is 24.6 Å². The SMILES string of the molecule is Cl.N#Cc1cc(Cl)ccc1O[C@H](c1ccccc1)C1CNCCO1. The van der Waals surface area contributed by atoms with E-state index in [9.17, 15) is 5.26 Å². The predicted octanol–water partition coefficient (Wildman–Crippen LogP) is 3.74. The van der Waals surface area contributed by atoms with Crippen LogP contribution in [0.5, 0.6) is 5.75 Å². The Labute approximate surface area is 152 Å². The van der Waals surface area contributed by atoms with Gasteiger partial charge in [-0.25, -0.2) is 0 Å². The molecule has 6 heteroatoms. The molecule has 1 saturated heterocycles. The Balaban J connectivity index is 0.00000208. The maximum absolute atomic E-state index is 9.30. The van der Waals surface area contributed by atoms with Crippen molar-refractivity contribution in [3.05, 3.63) is 64.7 Å². The number of nitrogens with zero attached hydrogens (tertiary/aromatic N) is 1. The van der Waals surface area contributed by atoms with E-state index in [4.69, 9.17) is 21.1 Å². The van der Waals surface area contributed by atoms with Crippen molar-refractivity contribution in [3.8, 4) is 11.8 Å². The quantitative estimate of drug-likeness (QED) is 0.897. The second kappa shape index (κ2) is 8.91. The van der Waals surface area contributed by atoms with Crippen molar-refractivity contribution in [3.63, 3.8) is 0 Å². The molecule has 1 N–H and O–H groups in total. The van der Waals surface area contributed by atoms with Crippen molar-refractivity contribution in [1.82, 2.24) is 5.32 Å². The normalized spacial score (nSPS) is 18.1. The number of nitriles is 1. The second-order valence-corrected chi connectivity index (χ2v) is 5.75. The van der Waals surface area contributed by atoms with Crippen molar-refractivity contribution in [2.75, 3.05) is 19.7 Å². The van der Waals surface area contributed by atoms with E-state index in [0.29, 0.717) is 29.5 Å². The van der Waals surface area contributed by atoms with Crippen LogP contribution in [0.3, 0.4) is 0 Å². The topological polar surface area (TPSA) is 54.3 Å². The van der Waals surface area contributed by atoms with Crippen molar-refractivity contribution in [2.24, 2.45) is 0 Å². The molecule has 24 heavy (non-hydrogen) atoms. The number of rotatable bonds is 4. The van der Waals surface area contributed by atoms with E-state index >= 15 is 0 Å². The first-order valence-electron chi connectivity index (χ1n) is 7.51. The standard InChI is InChI=1S/C18H17ClN2O2.ClH/c19-15-6-7-16(14(10-15)11-20)23-18(13-4-2-1-3-5-13)17-12-21-8-9-22-17;/h1-7,10,17-18,21H,8-9,12H2;1H/t17?,18-;/m1./s1. The maximum Gasteiger partial charge on any atom is 0.151 e. The molecule has 1 aliphatic rings. The van der Waals surface area contributed by atoms with Crippen LogP contribution in [-0.4, -0.2) is 25.8 Å². The average Bonchev–Trinajstić information content (AvgIpc) is 2.62. The number of nitrogens with one attached hydrogen (secondary N) is 1. The van der Waals surface area contributed by atoms with Crippen LogP contribution >= 0.6 is 24.0 Å². The van der Waals surface area contributed by atoms with Crippen molar-refractivity contribution in [1.29, 1.82) is 5.26 Å². The molecule has 0 spiro atoms. The van der Waals surface area contributed by atoms with Crippen LogP contribution in [0.25, 0.3) is 0 Å². The molecule has 0 bridgehead atoms. The summed E-state index contributed by atoms with van der Waals surface area (Å²) in [6.45, 7) is 2.18. The van der Waals surface area contributed by atoms with Crippen LogP contribution in [0.15, 0.2) is 48.5 Å². The molecular weight excluding hydrogens is 347 g/mol. The van der Waals surface area contributed by atoms with E-state index in [2.05, 4.69) is 11.4 Å². The van der Waals surface area contributed by atoms with Crippen LogP contribution in [0.2, 0.25) is 5.02 Å². The van der Waals surface area contributed by atoms with Gasteiger partial charge in [-0.1, -0.05) is 41.9 Å². The Bertz CT molecular complexity index is 698. The van der Waals surface area contributed by atoms with Gasteiger partial charge in [0.15, 0.2) is 6.10 Å². The van der Waals surface area contributed by atoms with Gasteiger partial charge < -0.3 is 14.8 Å². The van der Waals surface area contributed by atoms with E-state index in [1.807, 2.05) is 30.3 Å². The number of hydrogen-bond acceptors (Lipinski definition) is 4. The molecule has 2 atom stereocenters. The molecule has 0 radical (unpaired) electrons. The number of hydrogen-bond donors (Lipinski definition) is 1. The third kappa shape index (κ3) is 4.40. The van der Waals surface area contributed by atoms with Crippen LogP contribution in [-0.2, 0) is 4.74 Å². The predicted molar refractivity (Wildman–Crippen MR) is 95.8 cm³/mol. The molecule has 0 aliphatic carbocycles. The Morgan fingerprint density at radius 3 is 2.71 bits per heavy atom. The van der Waals surface area contributed by atoms with Crippen molar-refractivity contribution < 1.29 is 9.47 Å². The van der Waals surface area contributed by atoms with Gasteiger partial charge in [-0.2, -0.15) is 5.26 Å². The molecule has 1 aliphatic heterocycles. The van der Waals surface area contributed by atoms with Gasteiger partial charge in [0.25, 0.3) is 0 Å². The highest BCUT2D eigenvalue weighted by atomic mass is 35.5. The van der Waals surface area contributed by atoms with Gasteiger partial charge in [0, 0.05) is 18.1 Å². The fraction of sp³-hybridized carbons (Fsp3) is 0.278. The summed E-state index contributed by atoms with van der Waals surface area (Å²) in [5, 5.41) is 13.1. The Morgan fingerprint density at radius 2 is 2.04 bits per heavy atom. The van der Waals surface area contributed by atoms with E-state index in [1.54, 1.807) is 18.2 Å². The lowest BCUT2D eigenvalue weighted by molar-refractivity contribution is -0.0433. The third-order valence-corrected chi connectivity index (χ3v) is 3.97. The summed E-state index contributed by atoms with van der Waals surface area (Å²) in [7, 11) is 0. The van der Waals surface area contributed by atoms with Gasteiger partial charge in [0.05, 0.1) is 12.2 Å². The molecule has 3 rings (SSSR count). The zero-order valence-electron chi connectivity index (χ0n) is 12.9. The number of ether oxygens (including phenoxy) is 2. The molecule has 0 saturated carbocycles. The van der Waals surface area contributed by atoms with E-state index in [1.165, 1.54) is 0 Å². The Hall–Kier alpha value is -1.77. The number of morpholine rings is 1. The Morgan fingerprint density at radius 1 is 1.25 bits per heavy atom. The lowest BCUT2D eigenvalue weighted by Gasteiger charge is -2.31. The van der Waals surface area contributed by atoms with Crippen molar-refractivity contribution in [2.45, 2.75) is 12.2 Å². The van der Waals surface area contributed by atoms with E-state index < -0.39 is 0 Å². The highest BCUT2D eigenvalue weighted by Crippen LogP contribution is 2.30. The summed E-state index contributed by atoms with van der Waals surface area (Å²) in [6.07, 6.45) is -0.411. The molecular formula is C18H18Cl2N2O2. The molecule has 1 unspecified atom stereocenters. The maximum atomic E-state index is 9.30. The fourth-order valence-electron chi connectivity index (χ4n) is 2.61. The highest BCUT2D eigenvalue weighted by Gasteiger charge is 2.28. The Kier molecular flexibility index (Phi) is 6.89. The average molecular weight is 365 g/mol. The first-order chi connectivity index (χ1) is 11.3. The minimum absolute atomic E-state index is 0. The van der Waals surface area contributed by atoms with Crippen LogP contribution in [0.4, 0.5) is 0 Å². The monoisotopic (exact) mass is 364 g/mol. The van der Waals surface area contributed by atoms with Crippen LogP contribution in [0.1, 0.15) is 17.2 Å². The molecule has 1 fully saturated rings. The minimum atomic E-state index is -0.294. The van der Waals surface area contributed by atoms with Gasteiger partial charge in [-0.15, -0.1) is 12.4 Å². The zero-order valence-corrected chi connectivity index (χ0v) is 14.5. The summed E-state index contributed by atoms with van der Waals surface area (Å²) in [4.78, 5) is 0.